The van der Waals surface area contributed by atoms with Gasteiger partial charge in [-0.2, -0.15) is 9.28 Å². The van der Waals surface area contributed by atoms with Crippen molar-refractivity contribution in [3.8, 4) is 0 Å². The van der Waals surface area contributed by atoms with E-state index in [-0.39, 0.29) is 10.5 Å². The minimum atomic E-state index is -0.861. The van der Waals surface area contributed by atoms with Gasteiger partial charge in [-0.15, -0.1) is 0 Å². The van der Waals surface area contributed by atoms with Crippen LogP contribution in [0.3, 0.4) is 0 Å². The monoisotopic (exact) mass is 237 g/mol. The van der Waals surface area contributed by atoms with Crippen LogP contribution in [0.1, 0.15) is 18.5 Å². The van der Waals surface area contributed by atoms with Crippen molar-refractivity contribution >= 4 is 11.8 Å². The standard InChI is InChI=1S/C13H20N2O2/c1-10(14(2)3)11-7-6-8-12(9-11)15(4,5)13(16)17/h6-10H,1-5H3/p+1. The largest absolute Gasteiger partial charge is 0.518 e. The lowest BCUT2D eigenvalue weighted by molar-refractivity contribution is 0.165. The maximum atomic E-state index is 11.2. The number of rotatable bonds is 3. The third-order valence-corrected chi connectivity index (χ3v) is 3.25. The Morgan fingerprint density at radius 3 is 2.41 bits per heavy atom. The molecular weight excluding hydrogens is 216 g/mol. The molecule has 0 bridgehead atoms. The number of carboxylic acid groups (broad SMARTS) is 1. The lowest BCUT2D eigenvalue weighted by Crippen LogP contribution is -2.45. The molecule has 0 aliphatic rings. The van der Waals surface area contributed by atoms with Crippen LogP contribution in [0.15, 0.2) is 24.3 Å². The molecule has 1 atom stereocenters. The second-order valence-electron chi connectivity index (χ2n) is 4.97. The summed E-state index contributed by atoms with van der Waals surface area (Å²) in [6.45, 7) is 2.10. The Labute approximate surface area is 103 Å². The highest BCUT2D eigenvalue weighted by Crippen LogP contribution is 2.25. The average molecular weight is 237 g/mol. The van der Waals surface area contributed by atoms with Crippen LogP contribution in [-0.2, 0) is 0 Å². The predicted octanol–water partition coefficient (Wildman–Crippen LogP) is 2.55. The van der Waals surface area contributed by atoms with Crippen molar-refractivity contribution in [3.63, 3.8) is 0 Å². The number of carbonyl (C=O) groups is 1. The summed E-state index contributed by atoms with van der Waals surface area (Å²) < 4.78 is -0.159. The van der Waals surface area contributed by atoms with Gasteiger partial charge in [-0.3, -0.25) is 0 Å². The minimum absolute atomic E-state index is 0.159. The zero-order valence-electron chi connectivity index (χ0n) is 11.1. The zero-order chi connectivity index (χ0) is 13.2. The maximum absolute atomic E-state index is 11.2. The molecule has 4 heteroatoms. The summed E-state index contributed by atoms with van der Waals surface area (Å²) in [5, 5.41) is 9.20. The molecule has 0 saturated heterocycles. The van der Waals surface area contributed by atoms with E-state index >= 15 is 0 Å². The highest BCUT2D eigenvalue weighted by Gasteiger charge is 2.29. The highest BCUT2D eigenvalue weighted by atomic mass is 16.4. The maximum Gasteiger partial charge on any atom is 0.518 e. The number of amides is 1. The summed E-state index contributed by atoms with van der Waals surface area (Å²) in [6, 6.07) is 8.01. The number of hydrogen-bond donors (Lipinski definition) is 1. The van der Waals surface area contributed by atoms with Crippen molar-refractivity contribution in [1.82, 2.24) is 9.38 Å². The van der Waals surface area contributed by atoms with Gasteiger partial charge in [0.15, 0.2) is 0 Å². The van der Waals surface area contributed by atoms with Gasteiger partial charge in [-0.25, -0.2) is 0 Å². The molecule has 1 rings (SSSR count). The van der Waals surface area contributed by atoms with Crippen LogP contribution in [0, 0.1) is 0 Å². The summed E-state index contributed by atoms with van der Waals surface area (Å²) in [7, 11) is 7.35. The first kappa shape index (κ1) is 13.7. The van der Waals surface area contributed by atoms with Gasteiger partial charge in [-0.1, -0.05) is 12.1 Å². The van der Waals surface area contributed by atoms with Gasteiger partial charge < -0.3 is 10.0 Å². The predicted molar refractivity (Wildman–Crippen MR) is 70.2 cm³/mol. The topological polar surface area (TPSA) is 40.5 Å². The van der Waals surface area contributed by atoms with Crippen LogP contribution < -0.4 is 4.48 Å². The second kappa shape index (κ2) is 4.85. The quantitative estimate of drug-likeness (QED) is 0.821. The molecule has 94 valence electrons. The third-order valence-electron chi connectivity index (χ3n) is 3.25. The number of benzene rings is 1. The van der Waals surface area contributed by atoms with Gasteiger partial charge in [0.05, 0.1) is 14.1 Å². The van der Waals surface area contributed by atoms with E-state index in [0.717, 1.165) is 11.3 Å². The first-order valence-electron chi connectivity index (χ1n) is 5.61. The summed E-state index contributed by atoms with van der Waals surface area (Å²) in [4.78, 5) is 13.3. The first-order chi connectivity index (χ1) is 7.76. The van der Waals surface area contributed by atoms with Gasteiger partial charge in [0.1, 0.15) is 5.69 Å². The van der Waals surface area contributed by atoms with Crippen molar-refractivity contribution in [3.05, 3.63) is 29.8 Å². The first-order valence-corrected chi connectivity index (χ1v) is 5.61. The molecule has 0 spiro atoms. The highest BCUT2D eigenvalue weighted by molar-refractivity contribution is 5.79. The van der Waals surface area contributed by atoms with Crippen LogP contribution in [0.25, 0.3) is 0 Å². The van der Waals surface area contributed by atoms with Gasteiger partial charge >= 0.3 is 6.09 Å². The van der Waals surface area contributed by atoms with Crippen LogP contribution >= 0.6 is 0 Å². The molecule has 1 unspecified atom stereocenters. The smallest absolute Gasteiger partial charge is 0.435 e. The van der Waals surface area contributed by atoms with Crippen molar-refractivity contribution in [2.75, 3.05) is 28.2 Å². The van der Waals surface area contributed by atoms with E-state index < -0.39 is 6.09 Å². The number of nitrogens with zero attached hydrogens (tertiary/aromatic N) is 2. The molecule has 0 aliphatic heterocycles. The number of hydrogen-bond acceptors (Lipinski definition) is 2. The Morgan fingerprint density at radius 2 is 1.94 bits per heavy atom. The lowest BCUT2D eigenvalue weighted by atomic mass is 10.1. The Hall–Kier alpha value is -1.39. The van der Waals surface area contributed by atoms with Gasteiger partial charge in [0.2, 0.25) is 0 Å². The Morgan fingerprint density at radius 1 is 1.35 bits per heavy atom. The minimum Gasteiger partial charge on any atom is -0.435 e. The molecule has 0 radical (unpaired) electrons. The molecule has 17 heavy (non-hydrogen) atoms. The Kier molecular flexibility index (Phi) is 3.91. The van der Waals surface area contributed by atoms with Gasteiger partial charge in [0.25, 0.3) is 0 Å². The molecule has 0 aromatic heterocycles. The Bertz CT molecular complexity index is 414. The van der Waals surface area contributed by atoms with E-state index in [0.29, 0.717) is 0 Å². The summed E-state index contributed by atoms with van der Waals surface area (Å²) in [6.07, 6.45) is -0.861. The fraction of sp³-hybridized carbons (Fsp3) is 0.462. The van der Waals surface area contributed by atoms with Crippen molar-refractivity contribution < 1.29 is 9.90 Å². The summed E-state index contributed by atoms with van der Waals surface area (Å²) in [5.74, 6) is 0. The van der Waals surface area contributed by atoms with Gasteiger partial charge in [0, 0.05) is 12.1 Å². The van der Waals surface area contributed by atoms with E-state index in [1.807, 2.05) is 38.4 Å². The summed E-state index contributed by atoms with van der Waals surface area (Å²) >= 11 is 0. The number of quaternary nitrogens is 1. The molecule has 1 N–H and O–H groups in total. The molecule has 0 heterocycles. The second-order valence-corrected chi connectivity index (χ2v) is 4.97. The van der Waals surface area contributed by atoms with E-state index in [9.17, 15) is 9.90 Å². The van der Waals surface area contributed by atoms with E-state index in [2.05, 4.69) is 11.8 Å². The molecule has 1 aromatic carbocycles. The summed E-state index contributed by atoms with van der Waals surface area (Å²) in [5.41, 5.74) is 1.91. The SMILES string of the molecule is CC(c1cccc([N+](C)(C)C(=O)O)c1)N(C)C. The fourth-order valence-corrected chi connectivity index (χ4v) is 1.54. The molecule has 0 aliphatic carbocycles. The van der Waals surface area contributed by atoms with Crippen LogP contribution in [-0.4, -0.2) is 44.3 Å². The van der Waals surface area contributed by atoms with Crippen LogP contribution in [0.4, 0.5) is 10.5 Å². The van der Waals surface area contributed by atoms with Crippen molar-refractivity contribution in [2.45, 2.75) is 13.0 Å². The van der Waals surface area contributed by atoms with Crippen molar-refractivity contribution in [2.24, 2.45) is 0 Å². The van der Waals surface area contributed by atoms with Crippen LogP contribution in [0.2, 0.25) is 0 Å². The average Bonchev–Trinajstić information content (AvgIpc) is 2.27. The van der Waals surface area contributed by atoms with E-state index in [1.54, 1.807) is 14.1 Å². The molecule has 4 nitrogen and oxygen atoms in total. The van der Waals surface area contributed by atoms with Crippen molar-refractivity contribution in [1.29, 1.82) is 0 Å². The Balaban J connectivity index is 3.14. The normalized spacial score (nSPS) is 13.8. The molecule has 0 fully saturated rings. The molecule has 1 amide bonds. The lowest BCUT2D eigenvalue weighted by Gasteiger charge is -2.25. The van der Waals surface area contributed by atoms with Crippen LogP contribution in [0.5, 0.6) is 0 Å². The molecule has 1 aromatic rings. The third kappa shape index (κ3) is 2.84. The van der Waals surface area contributed by atoms with E-state index in [1.165, 1.54) is 0 Å². The van der Waals surface area contributed by atoms with E-state index in [4.69, 9.17) is 0 Å². The molecule has 0 saturated carbocycles. The zero-order valence-corrected chi connectivity index (χ0v) is 11.1. The molecular formula is C13H21N2O2+. The fourth-order valence-electron chi connectivity index (χ4n) is 1.54. The van der Waals surface area contributed by atoms with Gasteiger partial charge in [-0.05, 0) is 32.6 Å².